The summed E-state index contributed by atoms with van der Waals surface area (Å²) in [5.41, 5.74) is 4.45. The number of aliphatic hydroxyl groups excluding tert-OH is 1. The second kappa shape index (κ2) is 6.19. The van der Waals surface area contributed by atoms with Crippen molar-refractivity contribution in [1.29, 1.82) is 0 Å². The first kappa shape index (κ1) is 16.9. The van der Waals surface area contributed by atoms with Gasteiger partial charge in [-0.3, -0.25) is 9.59 Å². The molecule has 0 radical (unpaired) electrons. The molecule has 24 heavy (non-hydrogen) atoms. The van der Waals surface area contributed by atoms with E-state index in [0.717, 1.165) is 35.1 Å². The Hall–Kier alpha value is -1.90. The van der Waals surface area contributed by atoms with Gasteiger partial charge in [-0.2, -0.15) is 0 Å². The number of carbonyl (C=O) groups is 2. The number of aliphatic hydroxyl groups is 1. The van der Waals surface area contributed by atoms with Gasteiger partial charge in [-0.15, -0.1) is 0 Å². The van der Waals surface area contributed by atoms with E-state index in [0.29, 0.717) is 17.9 Å². The van der Waals surface area contributed by atoms with Crippen LogP contribution in [0.15, 0.2) is 17.9 Å². The molecule has 128 valence electrons. The third-order valence-corrected chi connectivity index (χ3v) is 5.64. The fourth-order valence-corrected chi connectivity index (χ4v) is 4.55. The molecule has 3 heteroatoms. The Morgan fingerprint density at radius 1 is 0.958 bits per heavy atom. The van der Waals surface area contributed by atoms with Gasteiger partial charge in [-0.25, -0.2) is 0 Å². The number of carbonyl (C=O) groups excluding carboxylic acids is 2. The van der Waals surface area contributed by atoms with Crippen LogP contribution < -0.4 is 0 Å². The predicted octanol–water partition coefficient (Wildman–Crippen LogP) is 4.48. The molecule has 1 aromatic carbocycles. The zero-order valence-electron chi connectivity index (χ0n) is 15.0. The van der Waals surface area contributed by atoms with Crippen LogP contribution in [0.5, 0.6) is 0 Å². The van der Waals surface area contributed by atoms with Crippen LogP contribution in [0.4, 0.5) is 0 Å². The number of allylic oxidation sites excluding steroid dienone is 2. The molecule has 1 fully saturated rings. The SMILES string of the molecule is Cc1cc(C)c(C2=C(O)C(C3CCC(C)CC3=O)CC2=O)c(C)c1. The Kier molecular flexibility index (Phi) is 4.37. The van der Waals surface area contributed by atoms with Crippen LogP contribution in [0.1, 0.15) is 54.9 Å². The van der Waals surface area contributed by atoms with E-state index in [-0.39, 0.29) is 35.6 Å². The molecule has 3 nitrogen and oxygen atoms in total. The van der Waals surface area contributed by atoms with Crippen molar-refractivity contribution < 1.29 is 14.7 Å². The molecule has 0 bridgehead atoms. The Balaban J connectivity index is 2.01. The molecule has 0 aromatic heterocycles. The first-order valence-corrected chi connectivity index (χ1v) is 8.86. The average Bonchev–Trinajstić information content (AvgIpc) is 2.74. The molecule has 0 amide bonds. The first-order valence-electron chi connectivity index (χ1n) is 8.86. The monoisotopic (exact) mass is 326 g/mol. The molecule has 0 aliphatic heterocycles. The summed E-state index contributed by atoms with van der Waals surface area (Å²) in [5, 5.41) is 10.8. The van der Waals surface area contributed by atoms with E-state index in [9.17, 15) is 14.7 Å². The fraction of sp³-hybridized carbons (Fsp3) is 0.524. The maximum Gasteiger partial charge on any atom is 0.167 e. The lowest BCUT2D eigenvalue weighted by molar-refractivity contribution is -0.127. The molecule has 3 rings (SSSR count). The van der Waals surface area contributed by atoms with Crippen molar-refractivity contribution in [2.24, 2.45) is 17.8 Å². The minimum Gasteiger partial charge on any atom is -0.511 e. The number of rotatable bonds is 2. The Bertz CT molecular complexity index is 718. The number of hydrogen-bond donors (Lipinski definition) is 1. The number of ketones is 2. The van der Waals surface area contributed by atoms with Crippen LogP contribution in [0.25, 0.3) is 5.57 Å². The van der Waals surface area contributed by atoms with Gasteiger partial charge in [0.15, 0.2) is 5.78 Å². The van der Waals surface area contributed by atoms with E-state index in [1.807, 2.05) is 32.9 Å². The molecule has 3 atom stereocenters. The third-order valence-electron chi connectivity index (χ3n) is 5.64. The van der Waals surface area contributed by atoms with Gasteiger partial charge in [-0.1, -0.05) is 24.6 Å². The van der Waals surface area contributed by atoms with Gasteiger partial charge in [0.2, 0.25) is 0 Å². The fourth-order valence-electron chi connectivity index (χ4n) is 4.55. The van der Waals surface area contributed by atoms with Gasteiger partial charge in [0.1, 0.15) is 11.5 Å². The topological polar surface area (TPSA) is 54.4 Å². The van der Waals surface area contributed by atoms with Gasteiger partial charge in [0.25, 0.3) is 0 Å². The highest BCUT2D eigenvalue weighted by Gasteiger charge is 2.42. The average molecular weight is 326 g/mol. The maximum atomic E-state index is 12.7. The Morgan fingerprint density at radius 3 is 2.17 bits per heavy atom. The van der Waals surface area contributed by atoms with Crippen molar-refractivity contribution >= 4 is 17.1 Å². The molecular weight excluding hydrogens is 300 g/mol. The highest BCUT2D eigenvalue weighted by molar-refractivity contribution is 6.24. The minimum atomic E-state index is -0.326. The number of aryl methyl sites for hydroxylation is 3. The quantitative estimate of drug-likeness (QED) is 0.872. The van der Waals surface area contributed by atoms with Crippen LogP contribution >= 0.6 is 0 Å². The molecule has 0 spiro atoms. The second-order valence-corrected chi connectivity index (χ2v) is 7.73. The summed E-state index contributed by atoms with van der Waals surface area (Å²) in [7, 11) is 0. The number of benzene rings is 1. The summed E-state index contributed by atoms with van der Waals surface area (Å²) in [6.45, 7) is 8.07. The summed E-state index contributed by atoms with van der Waals surface area (Å²) in [6.07, 6.45) is 2.60. The Labute approximate surface area is 143 Å². The lowest BCUT2D eigenvalue weighted by Crippen LogP contribution is -2.30. The lowest BCUT2D eigenvalue weighted by Gasteiger charge is -2.29. The van der Waals surface area contributed by atoms with Crippen LogP contribution in [0.3, 0.4) is 0 Å². The van der Waals surface area contributed by atoms with Crippen molar-refractivity contribution in [3.05, 3.63) is 40.1 Å². The molecule has 0 saturated heterocycles. The molecule has 3 unspecified atom stereocenters. The first-order chi connectivity index (χ1) is 11.3. The standard InChI is InChI=1S/C21H26O3/c1-11-5-6-15(17(22)9-11)16-10-18(23)20(21(16)24)19-13(3)7-12(2)8-14(19)4/h7-8,11,15-16,24H,5-6,9-10H2,1-4H3. The van der Waals surface area contributed by atoms with Crippen molar-refractivity contribution in [3.8, 4) is 0 Å². The summed E-state index contributed by atoms with van der Waals surface area (Å²) in [5.74, 6) is 0.206. The molecule has 1 saturated carbocycles. The van der Waals surface area contributed by atoms with Gasteiger partial charge in [0, 0.05) is 24.7 Å². The normalized spacial score (nSPS) is 27.9. The molecule has 2 aliphatic carbocycles. The van der Waals surface area contributed by atoms with Crippen molar-refractivity contribution in [2.45, 2.75) is 53.4 Å². The summed E-state index contributed by atoms with van der Waals surface area (Å²) in [6, 6.07) is 4.08. The summed E-state index contributed by atoms with van der Waals surface area (Å²) in [4.78, 5) is 25.1. The number of Topliss-reactive ketones (excluding diaryl/α,β-unsaturated/α-hetero) is 2. The summed E-state index contributed by atoms with van der Waals surface area (Å²) < 4.78 is 0. The van der Waals surface area contributed by atoms with Crippen LogP contribution in [0, 0.1) is 38.5 Å². The van der Waals surface area contributed by atoms with E-state index in [1.165, 1.54) is 0 Å². The third kappa shape index (κ3) is 2.81. The lowest BCUT2D eigenvalue weighted by atomic mass is 9.74. The minimum absolute atomic E-state index is 0.0287. The van der Waals surface area contributed by atoms with E-state index in [2.05, 4.69) is 6.92 Å². The highest BCUT2D eigenvalue weighted by atomic mass is 16.3. The van der Waals surface area contributed by atoms with E-state index in [1.54, 1.807) is 0 Å². The second-order valence-electron chi connectivity index (χ2n) is 7.73. The molecule has 2 aliphatic rings. The molecule has 1 N–H and O–H groups in total. The largest absolute Gasteiger partial charge is 0.511 e. The van der Waals surface area contributed by atoms with Crippen molar-refractivity contribution in [1.82, 2.24) is 0 Å². The predicted molar refractivity (Wildman–Crippen MR) is 94.8 cm³/mol. The summed E-state index contributed by atoms with van der Waals surface area (Å²) >= 11 is 0. The highest BCUT2D eigenvalue weighted by Crippen LogP contribution is 2.44. The maximum absolute atomic E-state index is 12.7. The van der Waals surface area contributed by atoms with Crippen molar-refractivity contribution in [3.63, 3.8) is 0 Å². The molecule has 1 aromatic rings. The van der Waals surface area contributed by atoms with Crippen LogP contribution in [-0.2, 0) is 9.59 Å². The van der Waals surface area contributed by atoms with Crippen LogP contribution in [0.2, 0.25) is 0 Å². The zero-order valence-corrected chi connectivity index (χ0v) is 15.0. The van der Waals surface area contributed by atoms with E-state index in [4.69, 9.17) is 0 Å². The van der Waals surface area contributed by atoms with Gasteiger partial charge >= 0.3 is 0 Å². The zero-order chi connectivity index (χ0) is 17.6. The van der Waals surface area contributed by atoms with Crippen molar-refractivity contribution in [2.75, 3.05) is 0 Å². The molecule has 0 heterocycles. The van der Waals surface area contributed by atoms with Gasteiger partial charge in [0.05, 0.1) is 5.57 Å². The van der Waals surface area contributed by atoms with Crippen LogP contribution in [-0.4, -0.2) is 16.7 Å². The van der Waals surface area contributed by atoms with E-state index < -0.39 is 0 Å². The van der Waals surface area contributed by atoms with E-state index >= 15 is 0 Å². The van der Waals surface area contributed by atoms with Gasteiger partial charge < -0.3 is 5.11 Å². The van der Waals surface area contributed by atoms with Gasteiger partial charge in [-0.05, 0) is 56.2 Å². The smallest absolute Gasteiger partial charge is 0.167 e. The molecular formula is C21H26O3. The Morgan fingerprint density at radius 2 is 1.58 bits per heavy atom. The number of hydrogen-bond acceptors (Lipinski definition) is 3.